The predicted molar refractivity (Wildman–Crippen MR) is 94.2 cm³/mol. The molecule has 0 N–H and O–H groups in total. The molecule has 0 fully saturated rings. The third-order valence-corrected chi connectivity index (χ3v) is 4.87. The summed E-state index contributed by atoms with van der Waals surface area (Å²) in [5.74, 6) is -0.768. The summed E-state index contributed by atoms with van der Waals surface area (Å²) in [7, 11) is -8.40. The van der Waals surface area contributed by atoms with Crippen molar-refractivity contribution in [2.24, 2.45) is 0 Å². The molecule has 0 unspecified atom stereocenters. The maximum absolute atomic E-state index is 12.5. The zero-order valence-electron chi connectivity index (χ0n) is 14.8. The van der Waals surface area contributed by atoms with Crippen molar-refractivity contribution in [1.29, 1.82) is 0 Å². The summed E-state index contributed by atoms with van der Waals surface area (Å²) >= 11 is 0. The van der Waals surface area contributed by atoms with Gasteiger partial charge in [0.1, 0.15) is 5.75 Å². The van der Waals surface area contributed by atoms with E-state index < -0.39 is 31.5 Å². The first-order valence-corrected chi connectivity index (χ1v) is 10.7. The third kappa shape index (κ3) is 5.07. The molecule has 0 saturated carbocycles. The molecule has 0 saturated heterocycles. The number of alkyl halides is 3. The molecule has 12 heteroatoms. The Balaban J connectivity index is 2.43. The second kappa shape index (κ2) is 7.51. The van der Waals surface area contributed by atoms with Gasteiger partial charge in [-0.3, -0.25) is 0 Å². The van der Waals surface area contributed by atoms with Crippen molar-refractivity contribution in [2.75, 3.05) is 13.4 Å². The van der Waals surface area contributed by atoms with E-state index in [-0.39, 0.29) is 11.5 Å². The normalized spacial score (nSPS) is 12.5. The van der Waals surface area contributed by atoms with Crippen LogP contribution in [0.3, 0.4) is 0 Å². The minimum atomic E-state index is -5.85. The molecule has 0 aliphatic heterocycles. The van der Waals surface area contributed by atoms with Crippen LogP contribution in [0, 0.1) is 6.92 Å². The van der Waals surface area contributed by atoms with E-state index in [4.69, 9.17) is 8.92 Å². The summed E-state index contributed by atoms with van der Waals surface area (Å²) < 4.78 is 96.2. The number of methoxy groups -OCH3 is 1. The smallest absolute Gasteiger partial charge is 0.493 e. The molecule has 0 bridgehead atoms. The van der Waals surface area contributed by atoms with Crippen LogP contribution >= 0.6 is 0 Å². The van der Waals surface area contributed by atoms with E-state index in [2.05, 4.69) is 4.18 Å². The number of rotatable bonds is 6. The van der Waals surface area contributed by atoms with Crippen LogP contribution in [0.15, 0.2) is 36.4 Å². The van der Waals surface area contributed by atoms with Gasteiger partial charge in [-0.05, 0) is 47.9 Å². The zero-order chi connectivity index (χ0) is 21.3. The van der Waals surface area contributed by atoms with Crippen LogP contribution in [0.25, 0.3) is 11.1 Å². The SMILES string of the molecule is COc1cc(-c2ccc(OS(C)(=O)=O)cc2)c(C)cc1OS(=O)(=O)C(F)(F)F. The second-order valence-corrected chi connectivity index (χ2v) is 8.73. The highest BCUT2D eigenvalue weighted by atomic mass is 32.2. The van der Waals surface area contributed by atoms with Gasteiger partial charge >= 0.3 is 25.7 Å². The lowest BCUT2D eigenvalue weighted by atomic mass is 10.00. The molecule has 0 heterocycles. The van der Waals surface area contributed by atoms with Crippen molar-refractivity contribution < 1.29 is 43.1 Å². The molecule has 0 atom stereocenters. The molecule has 0 aromatic heterocycles. The molecular formula is C16H15F3O7S2. The molecule has 0 spiro atoms. The first-order valence-electron chi connectivity index (χ1n) is 7.43. The van der Waals surface area contributed by atoms with Gasteiger partial charge in [0.05, 0.1) is 13.4 Å². The molecule has 2 aromatic rings. The molecule has 28 heavy (non-hydrogen) atoms. The fourth-order valence-electron chi connectivity index (χ4n) is 2.23. The fraction of sp³-hybridized carbons (Fsp3) is 0.250. The summed E-state index contributed by atoms with van der Waals surface area (Å²) in [6.45, 7) is 1.53. The van der Waals surface area contributed by atoms with Crippen LogP contribution in [-0.2, 0) is 20.2 Å². The first kappa shape index (κ1) is 21.8. The van der Waals surface area contributed by atoms with Crippen LogP contribution in [0.5, 0.6) is 17.2 Å². The number of hydrogen-bond acceptors (Lipinski definition) is 7. The molecule has 0 amide bonds. The Labute approximate surface area is 159 Å². The summed E-state index contributed by atoms with van der Waals surface area (Å²) in [4.78, 5) is 0. The third-order valence-electron chi connectivity index (χ3n) is 3.41. The van der Waals surface area contributed by atoms with Crippen LogP contribution < -0.4 is 13.1 Å². The lowest BCUT2D eigenvalue weighted by Gasteiger charge is -2.15. The standard InChI is InChI=1S/C16H15F3O7S2/c1-10-8-15(26-28(22,23)16(17,18)19)14(24-2)9-13(10)11-4-6-12(7-5-11)25-27(3,20)21/h4-9H,1-3H3. The Morgan fingerprint density at radius 3 is 1.93 bits per heavy atom. The van der Waals surface area contributed by atoms with Crippen molar-refractivity contribution in [1.82, 2.24) is 0 Å². The van der Waals surface area contributed by atoms with E-state index in [0.29, 0.717) is 16.7 Å². The Kier molecular flexibility index (Phi) is 5.85. The van der Waals surface area contributed by atoms with Gasteiger partial charge in [-0.2, -0.15) is 30.0 Å². The van der Waals surface area contributed by atoms with Gasteiger partial charge in [-0.25, -0.2) is 0 Å². The Morgan fingerprint density at radius 2 is 1.46 bits per heavy atom. The first-order chi connectivity index (χ1) is 12.7. The largest absolute Gasteiger partial charge is 0.534 e. The van der Waals surface area contributed by atoms with Gasteiger partial charge in [-0.1, -0.05) is 12.1 Å². The van der Waals surface area contributed by atoms with Crippen molar-refractivity contribution >= 4 is 20.2 Å². The van der Waals surface area contributed by atoms with Crippen LogP contribution in [0.4, 0.5) is 13.2 Å². The molecular weight excluding hydrogens is 425 g/mol. The van der Waals surface area contributed by atoms with Gasteiger partial charge in [0.15, 0.2) is 11.5 Å². The highest BCUT2D eigenvalue weighted by Gasteiger charge is 2.49. The molecule has 2 aromatic carbocycles. The molecule has 7 nitrogen and oxygen atoms in total. The summed E-state index contributed by atoms with van der Waals surface area (Å²) in [6.07, 6.45) is 0.893. The number of benzene rings is 2. The maximum atomic E-state index is 12.5. The van der Waals surface area contributed by atoms with Gasteiger partial charge in [0.2, 0.25) is 0 Å². The maximum Gasteiger partial charge on any atom is 0.534 e. The summed E-state index contributed by atoms with van der Waals surface area (Å²) in [6, 6.07) is 8.23. The van der Waals surface area contributed by atoms with Crippen molar-refractivity contribution in [3.63, 3.8) is 0 Å². The average Bonchev–Trinajstić information content (AvgIpc) is 2.53. The molecule has 2 rings (SSSR count). The van der Waals surface area contributed by atoms with Crippen molar-refractivity contribution in [3.8, 4) is 28.4 Å². The van der Waals surface area contributed by atoms with Crippen LogP contribution in [0.1, 0.15) is 5.56 Å². The number of hydrogen-bond donors (Lipinski definition) is 0. The molecule has 154 valence electrons. The van der Waals surface area contributed by atoms with E-state index in [1.165, 1.54) is 37.3 Å². The lowest BCUT2D eigenvalue weighted by molar-refractivity contribution is -0.0500. The minimum Gasteiger partial charge on any atom is -0.493 e. The van der Waals surface area contributed by atoms with E-state index in [1.807, 2.05) is 0 Å². The van der Waals surface area contributed by atoms with E-state index in [0.717, 1.165) is 19.4 Å². The van der Waals surface area contributed by atoms with Gasteiger partial charge in [-0.15, -0.1) is 0 Å². The number of ether oxygens (including phenoxy) is 1. The molecule has 0 aliphatic rings. The monoisotopic (exact) mass is 440 g/mol. The van der Waals surface area contributed by atoms with E-state index in [1.54, 1.807) is 0 Å². The number of aryl methyl sites for hydroxylation is 1. The van der Waals surface area contributed by atoms with E-state index >= 15 is 0 Å². The topological polar surface area (TPSA) is 96.0 Å². The predicted octanol–water partition coefficient (Wildman–Crippen LogP) is 3.24. The van der Waals surface area contributed by atoms with Gasteiger partial charge in [0.25, 0.3) is 0 Å². The van der Waals surface area contributed by atoms with Crippen molar-refractivity contribution in [2.45, 2.75) is 12.4 Å². The quantitative estimate of drug-likeness (QED) is 0.503. The van der Waals surface area contributed by atoms with Crippen LogP contribution in [0.2, 0.25) is 0 Å². The average molecular weight is 440 g/mol. The Hall–Kier alpha value is -2.47. The highest BCUT2D eigenvalue weighted by molar-refractivity contribution is 7.88. The van der Waals surface area contributed by atoms with Crippen molar-refractivity contribution in [3.05, 3.63) is 42.0 Å². The molecule has 0 aliphatic carbocycles. The lowest BCUT2D eigenvalue weighted by Crippen LogP contribution is -2.28. The van der Waals surface area contributed by atoms with Crippen LogP contribution in [-0.4, -0.2) is 35.7 Å². The fourth-order valence-corrected chi connectivity index (χ4v) is 3.15. The zero-order valence-corrected chi connectivity index (χ0v) is 16.4. The van der Waals surface area contributed by atoms with Gasteiger partial charge in [0, 0.05) is 0 Å². The summed E-state index contributed by atoms with van der Waals surface area (Å²) in [5, 5.41) is 0. The Morgan fingerprint density at radius 1 is 0.893 bits per heavy atom. The second-order valence-electron chi connectivity index (χ2n) is 5.61. The minimum absolute atomic E-state index is 0.0760. The molecule has 0 radical (unpaired) electrons. The highest BCUT2D eigenvalue weighted by Crippen LogP contribution is 2.38. The van der Waals surface area contributed by atoms with Gasteiger partial charge < -0.3 is 13.1 Å². The van der Waals surface area contributed by atoms with E-state index in [9.17, 15) is 30.0 Å². The Bertz CT molecular complexity index is 1070. The summed E-state index contributed by atoms with van der Waals surface area (Å²) in [5.41, 5.74) is -4.13. The number of halogens is 3.